The second-order valence-electron chi connectivity index (χ2n) is 7.70. The van der Waals surface area contributed by atoms with E-state index in [-0.39, 0.29) is 18.9 Å². The summed E-state index contributed by atoms with van der Waals surface area (Å²) in [4.78, 5) is 13.1. The van der Waals surface area contributed by atoms with Gasteiger partial charge in [0.1, 0.15) is 6.61 Å². The summed E-state index contributed by atoms with van der Waals surface area (Å²) in [5, 5.41) is 11.6. The van der Waals surface area contributed by atoms with Crippen LogP contribution < -0.4 is 0 Å². The molecule has 2 fully saturated rings. The third kappa shape index (κ3) is 5.08. The van der Waals surface area contributed by atoms with Gasteiger partial charge < -0.3 is 14.6 Å². The van der Waals surface area contributed by atoms with Gasteiger partial charge in [-0.3, -0.25) is 0 Å². The zero-order chi connectivity index (χ0) is 19.2. The number of esters is 1. The molecule has 0 radical (unpaired) electrons. The van der Waals surface area contributed by atoms with Crippen molar-refractivity contribution in [3.05, 3.63) is 35.9 Å². The summed E-state index contributed by atoms with van der Waals surface area (Å²) in [5.41, 5.74) is -0.762. The van der Waals surface area contributed by atoms with Crippen LogP contribution >= 0.6 is 0 Å². The fourth-order valence-corrected chi connectivity index (χ4v) is 4.14. The Hall–Kier alpha value is -1.39. The summed E-state index contributed by atoms with van der Waals surface area (Å²) < 4.78 is 19.9. The van der Waals surface area contributed by atoms with Gasteiger partial charge in [-0.2, -0.15) is 0 Å². The highest BCUT2D eigenvalue weighted by Crippen LogP contribution is 2.37. The van der Waals surface area contributed by atoms with Crippen LogP contribution in [0.2, 0.25) is 0 Å². The minimum absolute atomic E-state index is 0.00170. The van der Waals surface area contributed by atoms with Crippen LogP contribution in [0.3, 0.4) is 0 Å². The first-order valence-corrected chi connectivity index (χ1v) is 10.1. The number of ether oxygens (including phenoxy) is 2. The van der Waals surface area contributed by atoms with E-state index in [1.165, 1.54) is 0 Å². The lowest BCUT2D eigenvalue weighted by atomic mass is 9.77. The highest BCUT2D eigenvalue weighted by molar-refractivity contribution is 5.79. The van der Waals surface area contributed by atoms with Crippen LogP contribution in [-0.4, -0.2) is 29.4 Å². The fraction of sp³-hybridized carbons (Fsp3) is 0.682. The summed E-state index contributed by atoms with van der Waals surface area (Å²) in [5.74, 6) is -0.768. The molecule has 1 N–H and O–H groups in total. The van der Waals surface area contributed by atoms with E-state index in [4.69, 9.17) is 10.8 Å². The molecule has 4 heteroatoms. The monoisotopic (exact) mass is 361 g/mol. The van der Waals surface area contributed by atoms with Gasteiger partial charge in [-0.1, -0.05) is 56.0 Å². The van der Waals surface area contributed by atoms with E-state index >= 15 is 0 Å². The topological polar surface area (TPSA) is 55.8 Å². The van der Waals surface area contributed by atoms with Crippen molar-refractivity contribution in [2.24, 2.45) is 5.92 Å². The summed E-state index contributed by atoms with van der Waals surface area (Å²) in [7, 11) is 0. The number of hydrogen-bond donors (Lipinski definition) is 1. The molecule has 1 saturated heterocycles. The average Bonchev–Trinajstić information content (AvgIpc) is 2.97. The number of hydrogen-bond acceptors (Lipinski definition) is 4. The second-order valence-corrected chi connectivity index (χ2v) is 7.70. The molecule has 2 atom stereocenters. The SMILES string of the molecule is [2H]C1(CC(O)(C(=O)OCc2ccccc2)C2CCCCCC2)CCCCO1. The lowest BCUT2D eigenvalue weighted by molar-refractivity contribution is -0.181. The molecule has 1 aliphatic heterocycles. The maximum atomic E-state index is 13.1. The van der Waals surface area contributed by atoms with Gasteiger partial charge in [0.05, 0.1) is 7.45 Å². The summed E-state index contributed by atoms with van der Waals surface area (Å²) in [6, 6.07) is 9.50. The molecule has 1 aliphatic carbocycles. The predicted octanol–water partition coefficient (Wildman–Crippen LogP) is 4.39. The highest BCUT2D eigenvalue weighted by Gasteiger charge is 2.47. The van der Waals surface area contributed by atoms with Gasteiger partial charge in [-0.15, -0.1) is 0 Å². The Bertz CT molecular complexity index is 592. The van der Waals surface area contributed by atoms with Crippen LogP contribution in [0.4, 0.5) is 0 Å². The van der Waals surface area contributed by atoms with E-state index in [1.807, 2.05) is 30.3 Å². The third-order valence-corrected chi connectivity index (χ3v) is 5.72. The van der Waals surface area contributed by atoms with Crippen molar-refractivity contribution < 1.29 is 20.7 Å². The molecule has 144 valence electrons. The van der Waals surface area contributed by atoms with Crippen LogP contribution in [0.15, 0.2) is 30.3 Å². The van der Waals surface area contributed by atoms with Crippen LogP contribution in [-0.2, 0) is 20.9 Å². The molecule has 4 nitrogen and oxygen atoms in total. The second kappa shape index (κ2) is 9.52. The molecule has 0 bridgehead atoms. The minimum Gasteiger partial charge on any atom is -0.459 e. The first-order chi connectivity index (χ1) is 13.0. The van der Waals surface area contributed by atoms with Crippen molar-refractivity contribution in [3.8, 4) is 0 Å². The summed E-state index contributed by atoms with van der Waals surface area (Å²) in [6.45, 7) is 0.657. The average molecular weight is 362 g/mol. The van der Waals surface area contributed by atoms with Gasteiger partial charge in [-0.05, 0) is 43.6 Å². The van der Waals surface area contributed by atoms with Crippen molar-refractivity contribution in [2.45, 2.75) is 82.5 Å². The van der Waals surface area contributed by atoms with Crippen molar-refractivity contribution in [1.29, 1.82) is 0 Å². The van der Waals surface area contributed by atoms with Crippen LogP contribution in [0, 0.1) is 5.92 Å². The van der Waals surface area contributed by atoms with Gasteiger partial charge in [-0.25, -0.2) is 4.79 Å². The molecule has 1 saturated carbocycles. The van der Waals surface area contributed by atoms with Gasteiger partial charge in [0, 0.05) is 13.0 Å². The fourth-order valence-electron chi connectivity index (χ4n) is 4.14. The molecule has 0 aromatic heterocycles. The molecular weight excluding hydrogens is 328 g/mol. The van der Waals surface area contributed by atoms with E-state index in [2.05, 4.69) is 0 Å². The summed E-state index contributed by atoms with van der Waals surface area (Å²) >= 11 is 0. The zero-order valence-electron chi connectivity index (χ0n) is 16.6. The first-order valence-electron chi connectivity index (χ1n) is 10.6. The van der Waals surface area contributed by atoms with Crippen molar-refractivity contribution in [1.82, 2.24) is 0 Å². The maximum absolute atomic E-state index is 13.1. The number of benzene rings is 1. The minimum atomic E-state index is -1.65. The quantitative estimate of drug-likeness (QED) is 0.603. The molecular formula is C22H32O4. The van der Waals surface area contributed by atoms with Gasteiger partial charge >= 0.3 is 5.97 Å². The molecule has 2 unspecified atom stereocenters. The number of carbonyl (C=O) groups is 1. The van der Waals surface area contributed by atoms with Gasteiger partial charge in [0.15, 0.2) is 5.60 Å². The third-order valence-electron chi connectivity index (χ3n) is 5.72. The standard InChI is InChI=1S/C22H32O4/c23-21(26-17-18-10-4-3-5-11-18)22(24,16-20-14-8-9-15-25-20)19-12-6-1-2-7-13-19/h3-5,10-11,19-20,24H,1-2,6-9,12-17H2/i20D. The van der Waals surface area contributed by atoms with Gasteiger partial charge in [0.25, 0.3) is 0 Å². The highest BCUT2D eigenvalue weighted by atomic mass is 16.6. The molecule has 3 rings (SSSR count). The zero-order valence-corrected chi connectivity index (χ0v) is 15.6. The Kier molecular flexibility index (Phi) is 6.59. The molecule has 1 aromatic rings. The van der Waals surface area contributed by atoms with E-state index < -0.39 is 17.7 Å². The Balaban J connectivity index is 1.75. The smallest absolute Gasteiger partial charge is 0.338 e. The van der Waals surface area contributed by atoms with Crippen molar-refractivity contribution in [2.75, 3.05) is 6.61 Å². The van der Waals surface area contributed by atoms with Crippen molar-refractivity contribution in [3.63, 3.8) is 0 Å². The van der Waals surface area contributed by atoms with Crippen LogP contribution in [0.5, 0.6) is 0 Å². The van der Waals surface area contributed by atoms with E-state index in [1.54, 1.807) is 0 Å². The number of rotatable bonds is 6. The molecule has 1 heterocycles. The Morgan fingerprint density at radius 3 is 2.46 bits per heavy atom. The Labute approximate surface area is 158 Å². The van der Waals surface area contributed by atoms with E-state index in [0.717, 1.165) is 56.9 Å². The largest absolute Gasteiger partial charge is 0.459 e. The lowest BCUT2D eigenvalue weighted by Gasteiger charge is -2.37. The molecule has 26 heavy (non-hydrogen) atoms. The van der Waals surface area contributed by atoms with E-state index in [0.29, 0.717) is 13.0 Å². The first kappa shape index (κ1) is 18.0. The van der Waals surface area contributed by atoms with Gasteiger partial charge in [0.2, 0.25) is 0 Å². The number of aliphatic hydroxyl groups is 1. The lowest BCUT2D eigenvalue weighted by Crippen LogP contribution is -2.50. The van der Waals surface area contributed by atoms with E-state index in [9.17, 15) is 9.90 Å². The maximum Gasteiger partial charge on any atom is 0.338 e. The predicted molar refractivity (Wildman–Crippen MR) is 101 cm³/mol. The Morgan fingerprint density at radius 2 is 1.81 bits per heavy atom. The molecule has 1 aromatic carbocycles. The van der Waals surface area contributed by atoms with Crippen molar-refractivity contribution >= 4 is 5.97 Å². The Morgan fingerprint density at radius 1 is 1.12 bits per heavy atom. The van der Waals surface area contributed by atoms with Crippen LogP contribution in [0.25, 0.3) is 0 Å². The normalized spacial score (nSPS) is 27.8. The summed E-state index contributed by atoms with van der Waals surface area (Å²) in [6.07, 6.45) is 7.04. The molecule has 0 amide bonds. The molecule has 0 spiro atoms. The van der Waals surface area contributed by atoms with Crippen LogP contribution in [0.1, 0.15) is 71.1 Å². The molecule has 2 aliphatic rings. The number of carbonyl (C=O) groups excluding carboxylic acids is 1.